The molecule has 0 spiro atoms. The summed E-state index contributed by atoms with van der Waals surface area (Å²) in [6.45, 7) is 3.70. The standard InChI is InChI=1S/C52H98O14/c1-3-5-7-9-11-13-15-17-19-20-21-22-24-26-28-30-32-34-36-61-38-41(64-44(54)35-33-31-29-27-25-23-18-16-14-12-10-8-6-4-2)39-62-51-50(60)48(58)46(56)43(66-51)40-63-52-49(59)47(57)45(55)42(37-53)65-52/h16,18,41-43,45-53,55-60H,3-15,17,19-40H2,1-2H3/b18-16-. The van der Waals surface area contributed by atoms with Gasteiger partial charge in [0.1, 0.15) is 54.9 Å². The molecule has 7 N–H and O–H groups in total. The van der Waals surface area contributed by atoms with Gasteiger partial charge in [-0.15, -0.1) is 0 Å². The Labute approximate surface area is 399 Å². The van der Waals surface area contributed by atoms with Crippen LogP contribution < -0.4 is 0 Å². The molecule has 2 saturated heterocycles. The SMILES string of the molecule is CCCCCCC/C=C\CCCCCCCC(=O)OC(COCCCCCCCCCCCCCCCCCCCC)COC1OC(COC2OC(CO)C(O)C(O)C2O)C(O)C(O)C1O. The van der Waals surface area contributed by atoms with E-state index in [2.05, 4.69) is 26.0 Å². The topological polar surface area (TPSA) is 214 Å². The largest absolute Gasteiger partial charge is 0.457 e. The van der Waals surface area contributed by atoms with E-state index < -0.39 is 80.7 Å². The lowest BCUT2D eigenvalue weighted by atomic mass is 9.98. The zero-order chi connectivity index (χ0) is 48.0. The molecule has 66 heavy (non-hydrogen) atoms. The second kappa shape index (κ2) is 40.5. The van der Waals surface area contributed by atoms with Gasteiger partial charge in [0, 0.05) is 13.0 Å². The van der Waals surface area contributed by atoms with E-state index in [9.17, 15) is 40.5 Å². The van der Waals surface area contributed by atoms with Crippen LogP contribution in [0.5, 0.6) is 0 Å². The van der Waals surface area contributed by atoms with Crippen LogP contribution >= 0.6 is 0 Å². The molecule has 14 nitrogen and oxygen atoms in total. The minimum absolute atomic E-state index is 0.0641. The Morgan fingerprint density at radius 2 is 0.894 bits per heavy atom. The van der Waals surface area contributed by atoms with E-state index in [0.29, 0.717) is 13.0 Å². The Hall–Kier alpha value is -1.27. The molecule has 0 aliphatic carbocycles. The second-order valence-electron chi connectivity index (χ2n) is 19.1. The fourth-order valence-electron chi connectivity index (χ4n) is 8.63. The quantitative estimate of drug-likeness (QED) is 0.0174. The summed E-state index contributed by atoms with van der Waals surface area (Å²) in [4.78, 5) is 13.0. The lowest BCUT2D eigenvalue weighted by Gasteiger charge is -2.42. The van der Waals surface area contributed by atoms with Crippen LogP contribution in [0.15, 0.2) is 12.2 Å². The van der Waals surface area contributed by atoms with Crippen LogP contribution in [0.25, 0.3) is 0 Å². The summed E-state index contributed by atoms with van der Waals surface area (Å²) in [5.41, 5.74) is 0. The molecule has 0 aromatic rings. The molecule has 0 aromatic carbocycles. The average Bonchev–Trinajstić information content (AvgIpc) is 3.31. The Morgan fingerprint density at radius 3 is 1.38 bits per heavy atom. The van der Waals surface area contributed by atoms with Crippen molar-refractivity contribution < 1.29 is 69.0 Å². The predicted molar refractivity (Wildman–Crippen MR) is 257 cm³/mol. The maximum atomic E-state index is 13.0. The minimum atomic E-state index is -1.70. The molecule has 11 atom stereocenters. The first-order valence-corrected chi connectivity index (χ1v) is 26.8. The van der Waals surface area contributed by atoms with Gasteiger partial charge >= 0.3 is 5.97 Å². The summed E-state index contributed by atoms with van der Waals surface area (Å²) in [5.74, 6) is -0.381. The molecule has 11 unspecified atom stereocenters. The van der Waals surface area contributed by atoms with Crippen molar-refractivity contribution in [1.82, 2.24) is 0 Å². The number of esters is 1. The smallest absolute Gasteiger partial charge is 0.306 e. The van der Waals surface area contributed by atoms with Gasteiger partial charge in [-0.2, -0.15) is 0 Å². The summed E-state index contributed by atoms with van der Waals surface area (Å²) >= 11 is 0. The maximum Gasteiger partial charge on any atom is 0.306 e. The monoisotopic (exact) mass is 947 g/mol. The van der Waals surface area contributed by atoms with E-state index in [0.717, 1.165) is 57.8 Å². The molecule has 2 aliphatic rings. The van der Waals surface area contributed by atoms with Gasteiger partial charge in [-0.25, -0.2) is 0 Å². The van der Waals surface area contributed by atoms with E-state index in [1.165, 1.54) is 128 Å². The van der Waals surface area contributed by atoms with Crippen LogP contribution in [0, 0.1) is 0 Å². The summed E-state index contributed by atoms with van der Waals surface area (Å²) in [5, 5.41) is 72.1. The van der Waals surface area contributed by atoms with Crippen molar-refractivity contribution >= 4 is 5.97 Å². The molecule has 0 saturated carbocycles. The number of unbranched alkanes of at least 4 members (excludes halogenated alkanes) is 27. The van der Waals surface area contributed by atoms with E-state index in [1.54, 1.807) is 0 Å². The lowest BCUT2D eigenvalue weighted by Crippen LogP contribution is -2.61. The molecule has 0 amide bonds. The lowest BCUT2D eigenvalue weighted by molar-refractivity contribution is -0.332. The molecule has 2 rings (SSSR count). The van der Waals surface area contributed by atoms with E-state index in [1.807, 2.05) is 0 Å². The van der Waals surface area contributed by atoms with Gasteiger partial charge in [-0.05, 0) is 38.5 Å². The Bertz CT molecular complexity index is 1140. The van der Waals surface area contributed by atoms with Crippen LogP contribution in [-0.4, -0.2) is 142 Å². The number of allylic oxidation sites excluding steroid dienone is 2. The van der Waals surface area contributed by atoms with Crippen molar-refractivity contribution in [3.05, 3.63) is 12.2 Å². The molecule has 390 valence electrons. The highest BCUT2D eigenvalue weighted by molar-refractivity contribution is 5.69. The van der Waals surface area contributed by atoms with Gasteiger partial charge in [0.25, 0.3) is 0 Å². The van der Waals surface area contributed by atoms with Crippen LogP contribution in [-0.2, 0) is 33.2 Å². The third-order valence-corrected chi connectivity index (χ3v) is 13.0. The van der Waals surface area contributed by atoms with Gasteiger partial charge in [0.2, 0.25) is 0 Å². The molecule has 0 radical (unpaired) electrons. The van der Waals surface area contributed by atoms with E-state index in [-0.39, 0.29) is 25.6 Å². The molecular formula is C52H98O14. The number of carbonyl (C=O) groups excluding carboxylic acids is 1. The zero-order valence-corrected chi connectivity index (χ0v) is 41.4. The first-order valence-electron chi connectivity index (χ1n) is 26.8. The third kappa shape index (κ3) is 27.8. The minimum Gasteiger partial charge on any atom is -0.457 e. The first-order chi connectivity index (χ1) is 32.1. The van der Waals surface area contributed by atoms with Crippen LogP contribution in [0.1, 0.15) is 213 Å². The highest BCUT2D eigenvalue weighted by atomic mass is 16.7. The number of carbonyl (C=O) groups is 1. The molecule has 2 heterocycles. The van der Waals surface area contributed by atoms with Crippen molar-refractivity contribution in [3.63, 3.8) is 0 Å². The summed E-state index contributed by atoms with van der Waals surface area (Å²) in [6.07, 6.45) is 25.6. The van der Waals surface area contributed by atoms with Gasteiger partial charge in [0.15, 0.2) is 12.6 Å². The Balaban J connectivity index is 1.75. The summed E-state index contributed by atoms with van der Waals surface area (Å²) < 4.78 is 34.3. The van der Waals surface area contributed by atoms with Gasteiger partial charge in [0.05, 0.1) is 26.4 Å². The average molecular weight is 947 g/mol. The van der Waals surface area contributed by atoms with Gasteiger partial charge in [-0.1, -0.05) is 180 Å². The van der Waals surface area contributed by atoms with E-state index >= 15 is 0 Å². The molecule has 2 fully saturated rings. The highest BCUT2D eigenvalue weighted by Gasteiger charge is 2.47. The molecular weight excluding hydrogens is 849 g/mol. The van der Waals surface area contributed by atoms with Gasteiger partial charge < -0.3 is 64.2 Å². The fourth-order valence-corrected chi connectivity index (χ4v) is 8.63. The number of hydrogen-bond acceptors (Lipinski definition) is 14. The van der Waals surface area contributed by atoms with Crippen LogP contribution in [0.3, 0.4) is 0 Å². The molecule has 0 bridgehead atoms. The number of aliphatic hydroxyl groups excluding tert-OH is 7. The number of ether oxygens (including phenoxy) is 6. The van der Waals surface area contributed by atoms with E-state index in [4.69, 9.17) is 28.4 Å². The Morgan fingerprint density at radius 1 is 0.485 bits per heavy atom. The van der Waals surface area contributed by atoms with Crippen molar-refractivity contribution in [3.8, 4) is 0 Å². The number of aliphatic hydroxyl groups is 7. The third-order valence-electron chi connectivity index (χ3n) is 13.0. The van der Waals surface area contributed by atoms with Crippen molar-refractivity contribution in [2.45, 2.75) is 280 Å². The fraction of sp³-hybridized carbons (Fsp3) is 0.942. The van der Waals surface area contributed by atoms with Crippen molar-refractivity contribution in [2.24, 2.45) is 0 Å². The van der Waals surface area contributed by atoms with Gasteiger partial charge in [-0.3, -0.25) is 4.79 Å². The molecule has 14 heteroatoms. The highest BCUT2D eigenvalue weighted by Crippen LogP contribution is 2.26. The first kappa shape index (κ1) is 60.9. The zero-order valence-electron chi connectivity index (χ0n) is 41.4. The van der Waals surface area contributed by atoms with Crippen molar-refractivity contribution in [2.75, 3.05) is 33.0 Å². The van der Waals surface area contributed by atoms with Crippen LogP contribution in [0.2, 0.25) is 0 Å². The Kier molecular flexibility index (Phi) is 37.3. The van der Waals surface area contributed by atoms with Crippen molar-refractivity contribution in [1.29, 1.82) is 0 Å². The molecule has 2 aliphatic heterocycles. The number of hydrogen-bond donors (Lipinski definition) is 7. The maximum absolute atomic E-state index is 13.0. The summed E-state index contributed by atoms with van der Waals surface area (Å²) in [6, 6.07) is 0. The molecule has 0 aromatic heterocycles. The number of rotatable bonds is 43. The predicted octanol–water partition coefficient (Wildman–Crippen LogP) is 8.24. The summed E-state index contributed by atoms with van der Waals surface area (Å²) in [7, 11) is 0. The van der Waals surface area contributed by atoms with Crippen LogP contribution in [0.4, 0.5) is 0 Å². The second-order valence-corrected chi connectivity index (χ2v) is 19.1. The normalized spacial score (nSPS) is 26.3.